The van der Waals surface area contributed by atoms with Crippen LogP contribution in [0.1, 0.15) is 44.1 Å². The standard InChI is InChI=1S/C13H19NO/c15-11-6-4-2-1-3-5-8-13-9-7-10-14-12-13/h7,9-12H,1-6,8H2. The Morgan fingerprint density at radius 3 is 2.67 bits per heavy atom. The van der Waals surface area contributed by atoms with Crippen LogP contribution in [0.5, 0.6) is 0 Å². The Morgan fingerprint density at radius 1 is 1.13 bits per heavy atom. The van der Waals surface area contributed by atoms with Crippen molar-refractivity contribution in [2.75, 3.05) is 0 Å². The molecule has 1 rings (SSSR count). The number of aldehydes is 1. The molecular formula is C13H19NO. The number of pyridine rings is 1. The first kappa shape index (κ1) is 11.9. The summed E-state index contributed by atoms with van der Waals surface area (Å²) in [5, 5.41) is 0. The zero-order chi connectivity index (χ0) is 10.8. The number of nitrogens with zero attached hydrogens (tertiary/aromatic N) is 1. The molecule has 0 bridgehead atoms. The highest BCUT2D eigenvalue weighted by Crippen LogP contribution is 2.08. The van der Waals surface area contributed by atoms with E-state index in [4.69, 9.17) is 0 Å². The van der Waals surface area contributed by atoms with E-state index in [-0.39, 0.29) is 0 Å². The Labute approximate surface area is 91.7 Å². The molecule has 1 heterocycles. The molecule has 82 valence electrons. The molecule has 2 heteroatoms. The van der Waals surface area contributed by atoms with E-state index in [1.807, 2.05) is 18.5 Å². The fourth-order valence-corrected chi connectivity index (χ4v) is 1.63. The normalized spacial score (nSPS) is 10.1. The van der Waals surface area contributed by atoms with Gasteiger partial charge in [0.2, 0.25) is 0 Å². The van der Waals surface area contributed by atoms with Crippen LogP contribution in [-0.2, 0) is 11.2 Å². The van der Waals surface area contributed by atoms with E-state index in [0.29, 0.717) is 0 Å². The predicted molar refractivity (Wildman–Crippen MR) is 61.7 cm³/mol. The van der Waals surface area contributed by atoms with Gasteiger partial charge in [0.1, 0.15) is 6.29 Å². The van der Waals surface area contributed by atoms with Gasteiger partial charge in [-0.15, -0.1) is 0 Å². The van der Waals surface area contributed by atoms with Gasteiger partial charge in [-0.2, -0.15) is 0 Å². The fourth-order valence-electron chi connectivity index (χ4n) is 1.63. The quantitative estimate of drug-likeness (QED) is 0.482. The van der Waals surface area contributed by atoms with Crippen molar-refractivity contribution in [3.05, 3.63) is 30.1 Å². The van der Waals surface area contributed by atoms with Crippen LogP contribution in [0, 0.1) is 0 Å². The minimum Gasteiger partial charge on any atom is -0.303 e. The van der Waals surface area contributed by atoms with Crippen molar-refractivity contribution >= 4 is 6.29 Å². The molecule has 15 heavy (non-hydrogen) atoms. The number of hydrogen-bond donors (Lipinski definition) is 0. The topological polar surface area (TPSA) is 30.0 Å². The van der Waals surface area contributed by atoms with Crippen LogP contribution in [0.25, 0.3) is 0 Å². The van der Waals surface area contributed by atoms with Crippen LogP contribution >= 0.6 is 0 Å². The van der Waals surface area contributed by atoms with Crippen molar-refractivity contribution in [3.8, 4) is 0 Å². The number of aryl methyl sites for hydroxylation is 1. The van der Waals surface area contributed by atoms with E-state index in [2.05, 4.69) is 11.1 Å². The van der Waals surface area contributed by atoms with Crippen LogP contribution in [0.3, 0.4) is 0 Å². The van der Waals surface area contributed by atoms with Crippen molar-refractivity contribution in [2.45, 2.75) is 44.9 Å². The molecule has 0 aromatic carbocycles. The SMILES string of the molecule is O=CCCCCCCCc1cccnc1. The van der Waals surface area contributed by atoms with Crippen molar-refractivity contribution in [2.24, 2.45) is 0 Å². The number of rotatable bonds is 8. The molecule has 0 atom stereocenters. The van der Waals surface area contributed by atoms with Crippen molar-refractivity contribution in [1.29, 1.82) is 0 Å². The van der Waals surface area contributed by atoms with E-state index in [1.54, 1.807) is 0 Å². The largest absolute Gasteiger partial charge is 0.303 e. The van der Waals surface area contributed by atoms with Gasteiger partial charge in [-0.1, -0.05) is 25.3 Å². The Balaban J connectivity index is 1.95. The molecule has 0 N–H and O–H groups in total. The highest BCUT2D eigenvalue weighted by atomic mass is 16.1. The summed E-state index contributed by atoms with van der Waals surface area (Å²) in [6, 6.07) is 4.11. The fraction of sp³-hybridized carbons (Fsp3) is 0.538. The molecular weight excluding hydrogens is 186 g/mol. The maximum Gasteiger partial charge on any atom is 0.119 e. The summed E-state index contributed by atoms with van der Waals surface area (Å²) in [6.45, 7) is 0. The molecule has 0 unspecified atom stereocenters. The molecule has 0 spiro atoms. The summed E-state index contributed by atoms with van der Waals surface area (Å²) in [5.74, 6) is 0. The minimum absolute atomic E-state index is 0.725. The lowest BCUT2D eigenvalue weighted by Crippen LogP contribution is -1.87. The van der Waals surface area contributed by atoms with Gasteiger partial charge in [0, 0.05) is 18.8 Å². The summed E-state index contributed by atoms with van der Waals surface area (Å²) in [7, 11) is 0. The van der Waals surface area contributed by atoms with Crippen LogP contribution in [0.2, 0.25) is 0 Å². The molecule has 0 saturated carbocycles. The van der Waals surface area contributed by atoms with Crippen molar-refractivity contribution in [3.63, 3.8) is 0 Å². The summed E-state index contributed by atoms with van der Waals surface area (Å²) in [6.07, 6.45) is 12.6. The summed E-state index contributed by atoms with van der Waals surface area (Å²) in [5.41, 5.74) is 1.32. The van der Waals surface area contributed by atoms with Gasteiger partial charge >= 0.3 is 0 Å². The average molecular weight is 205 g/mol. The second-order valence-corrected chi connectivity index (χ2v) is 3.83. The number of hydrogen-bond acceptors (Lipinski definition) is 2. The van der Waals surface area contributed by atoms with E-state index in [9.17, 15) is 4.79 Å². The van der Waals surface area contributed by atoms with Gasteiger partial charge in [-0.25, -0.2) is 0 Å². The predicted octanol–water partition coefficient (Wildman–Crippen LogP) is 3.16. The molecule has 0 amide bonds. The third-order valence-corrected chi connectivity index (χ3v) is 2.51. The molecule has 0 aliphatic carbocycles. The van der Waals surface area contributed by atoms with E-state index in [1.165, 1.54) is 31.2 Å². The molecule has 0 aliphatic heterocycles. The lowest BCUT2D eigenvalue weighted by molar-refractivity contribution is -0.107. The molecule has 0 fully saturated rings. The zero-order valence-electron chi connectivity index (χ0n) is 9.19. The Kier molecular flexibility index (Phi) is 6.47. The van der Waals surface area contributed by atoms with Gasteiger partial charge in [0.05, 0.1) is 0 Å². The highest BCUT2D eigenvalue weighted by Gasteiger charge is 1.93. The molecule has 0 radical (unpaired) electrons. The minimum atomic E-state index is 0.725. The highest BCUT2D eigenvalue weighted by molar-refractivity contribution is 5.48. The summed E-state index contributed by atoms with van der Waals surface area (Å²) in [4.78, 5) is 14.2. The van der Waals surface area contributed by atoms with Crippen LogP contribution in [0.4, 0.5) is 0 Å². The van der Waals surface area contributed by atoms with E-state index >= 15 is 0 Å². The summed E-state index contributed by atoms with van der Waals surface area (Å²) >= 11 is 0. The lowest BCUT2D eigenvalue weighted by Gasteiger charge is -2.00. The van der Waals surface area contributed by atoms with Gasteiger partial charge in [-0.3, -0.25) is 4.98 Å². The van der Waals surface area contributed by atoms with E-state index < -0.39 is 0 Å². The maximum absolute atomic E-state index is 10.1. The van der Waals surface area contributed by atoms with Crippen LogP contribution < -0.4 is 0 Å². The van der Waals surface area contributed by atoms with Crippen LogP contribution in [0.15, 0.2) is 24.5 Å². The van der Waals surface area contributed by atoms with Gasteiger partial charge in [0.15, 0.2) is 0 Å². The first-order valence-corrected chi connectivity index (χ1v) is 5.76. The molecule has 1 aromatic heterocycles. The number of carbonyl (C=O) groups is 1. The Morgan fingerprint density at radius 2 is 1.93 bits per heavy atom. The van der Waals surface area contributed by atoms with Gasteiger partial charge < -0.3 is 4.79 Å². The monoisotopic (exact) mass is 205 g/mol. The second kappa shape index (κ2) is 8.16. The number of aromatic nitrogens is 1. The van der Waals surface area contributed by atoms with Crippen molar-refractivity contribution in [1.82, 2.24) is 4.98 Å². The third-order valence-electron chi connectivity index (χ3n) is 2.51. The molecule has 2 nitrogen and oxygen atoms in total. The average Bonchev–Trinajstić information content (AvgIpc) is 2.29. The second-order valence-electron chi connectivity index (χ2n) is 3.83. The molecule has 0 saturated heterocycles. The Hall–Kier alpha value is -1.18. The first-order valence-electron chi connectivity index (χ1n) is 5.76. The number of unbranched alkanes of at least 4 members (excludes halogenated alkanes) is 5. The zero-order valence-corrected chi connectivity index (χ0v) is 9.19. The van der Waals surface area contributed by atoms with Crippen molar-refractivity contribution < 1.29 is 4.79 Å². The summed E-state index contributed by atoms with van der Waals surface area (Å²) < 4.78 is 0. The number of carbonyl (C=O) groups excluding carboxylic acids is 1. The van der Waals surface area contributed by atoms with Crippen LogP contribution in [-0.4, -0.2) is 11.3 Å². The maximum atomic E-state index is 10.1. The van der Waals surface area contributed by atoms with E-state index in [0.717, 1.165) is 25.5 Å². The third kappa shape index (κ3) is 6.00. The first-order chi connectivity index (χ1) is 7.43. The molecule has 0 aliphatic rings. The Bertz CT molecular complexity index is 258. The van der Waals surface area contributed by atoms with Gasteiger partial charge in [0.25, 0.3) is 0 Å². The van der Waals surface area contributed by atoms with Gasteiger partial charge in [-0.05, 0) is 30.9 Å². The smallest absolute Gasteiger partial charge is 0.119 e. The molecule has 1 aromatic rings. The lowest BCUT2D eigenvalue weighted by atomic mass is 10.1.